The zero-order valence-corrected chi connectivity index (χ0v) is 15.0. The fourth-order valence-electron chi connectivity index (χ4n) is 3.13. The SMILES string of the molecule is CC[C@H](C(=O)Nc1ccc(C(=O)N2CCOCC2)cc1)c1ccccc1. The Balaban J connectivity index is 1.65. The molecule has 0 radical (unpaired) electrons. The predicted octanol–water partition coefficient (Wildman–Crippen LogP) is 3.29. The molecule has 0 aliphatic carbocycles. The van der Waals surface area contributed by atoms with E-state index in [4.69, 9.17) is 4.74 Å². The first-order valence-corrected chi connectivity index (χ1v) is 9.02. The molecule has 0 saturated carbocycles. The molecule has 136 valence electrons. The normalized spacial score (nSPS) is 15.3. The molecule has 2 aromatic rings. The third kappa shape index (κ3) is 4.29. The molecule has 0 unspecified atom stereocenters. The third-order valence-electron chi connectivity index (χ3n) is 4.62. The maximum Gasteiger partial charge on any atom is 0.254 e. The fraction of sp³-hybridized carbons (Fsp3) is 0.333. The second-order valence-electron chi connectivity index (χ2n) is 6.34. The Hall–Kier alpha value is -2.66. The van der Waals surface area contributed by atoms with Gasteiger partial charge < -0.3 is 15.0 Å². The van der Waals surface area contributed by atoms with Gasteiger partial charge in [-0.2, -0.15) is 0 Å². The molecule has 3 rings (SSSR count). The lowest BCUT2D eigenvalue weighted by atomic mass is 9.95. The van der Waals surface area contributed by atoms with E-state index >= 15 is 0 Å². The first kappa shape index (κ1) is 18.1. The van der Waals surface area contributed by atoms with Crippen LogP contribution in [0.2, 0.25) is 0 Å². The summed E-state index contributed by atoms with van der Waals surface area (Å²) in [5.41, 5.74) is 2.33. The van der Waals surface area contributed by atoms with Crippen LogP contribution < -0.4 is 5.32 Å². The molecule has 0 spiro atoms. The maximum absolute atomic E-state index is 12.6. The van der Waals surface area contributed by atoms with E-state index in [2.05, 4.69) is 5.32 Å². The van der Waals surface area contributed by atoms with Crippen LogP contribution in [0, 0.1) is 0 Å². The summed E-state index contributed by atoms with van der Waals surface area (Å²) in [5.74, 6) is -0.223. The van der Waals surface area contributed by atoms with Gasteiger partial charge in [0.05, 0.1) is 19.1 Å². The van der Waals surface area contributed by atoms with Gasteiger partial charge in [-0.1, -0.05) is 37.3 Å². The summed E-state index contributed by atoms with van der Waals surface area (Å²) < 4.78 is 5.28. The number of hydrogen-bond acceptors (Lipinski definition) is 3. The molecule has 1 aliphatic rings. The van der Waals surface area contributed by atoms with Gasteiger partial charge in [-0.15, -0.1) is 0 Å². The molecule has 5 nitrogen and oxygen atoms in total. The number of carbonyl (C=O) groups excluding carboxylic acids is 2. The molecule has 26 heavy (non-hydrogen) atoms. The van der Waals surface area contributed by atoms with E-state index in [1.165, 1.54) is 0 Å². The zero-order chi connectivity index (χ0) is 18.4. The van der Waals surface area contributed by atoms with Gasteiger partial charge >= 0.3 is 0 Å². The highest BCUT2D eigenvalue weighted by molar-refractivity contribution is 5.97. The van der Waals surface area contributed by atoms with Crippen LogP contribution in [0.4, 0.5) is 5.69 Å². The van der Waals surface area contributed by atoms with Crippen molar-refractivity contribution in [2.75, 3.05) is 31.6 Å². The van der Waals surface area contributed by atoms with Crippen molar-refractivity contribution in [1.82, 2.24) is 4.90 Å². The summed E-state index contributed by atoms with van der Waals surface area (Å²) in [6.45, 7) is 4.40. The second kappa shape index (κ2) is 8.63. The number of anilines is 1. The average Bonchev–Trinajstić information content (AvgIpc) is 2.70. The van der Waals surface area contributed by atoms with E-state index in [1.807, 2.05) is 37.3 Å². The van der Waals surface area contributed by atoms with Gasteiger partial charge in [-0.05, 0) is 36.2 Å². The Morgan fingerprint density at radius 3 is 2.31 bits per heavy atom. The highest BCUT2D eigenvalue weighted by atomic mass is 16.5. The minimum absolute atomic E-state index is 0.00176. The molecule has 1 heterocycles. The third-order valence-corrected chi connectivity index (χ3v) is 4.62. The summed E-state index contributed by atoms with van der Waals surface area (Å²) in [7, 11) is 0. The molecule has 1 aliphatic heterocycles. The molecule has 1 atom stereocenters. The van der Waals surface area contributed by atoms with Crippen LogP contribution in [0.1, 0.15) is 35.2 Å². The summed E-state index contributed by atoms with van der Waals surface area (Å²) in [5, 5.41) is 2.95. The lowest BCUT2D eigenvalue weighted by molar-refractivity contribution is -0.117. The van der Waals surface area contributed by atoms with Crippen molar-refractivity contribution < 1.29 is 14.3 Å². The van der Waals surface area contributed by atoms with E-state index in [-0.39, 0.29) is 17.7 Å². The fourth-order valence-corrected chi connectivity index (χ4v) is 3.13. The lowest BCUT2D eigenvalue weighted by Gasteiger charge is -2.26. The van der Waals surface area contributed by atoms with Gasteiger partial charge in [0.25, 0.3) is 5.91 Å². The quantitative estimate of drug-likeness (QED) is 0.898. The number of rotatable bonds is 5. The monoisotopic (exact) mass is 352 g/mol. The lowest BCUT2D eigenvalue weighted by Crippen LogP contribution is -2.40. The van der Waals surface area contributed by atoms with Crippen molar-refractivity contribution in [1.29, 1.82) is 0 Å². The van der Waals surface area contributed by atoms with Crippen molar-refractivity contribution in [3.63, 3.8) is 0 Å². The molecule has 1 saturated heterocycles. The highest BCUT2D eigenvalue weighted by Gasteiger charge is 2.20. The summed E-state index contributed by atoms with van der Waals surface area (Å²) in [6.07, 6.45) is 0.726. The van der Waals surface area contributed by atoms with Crippen LogP contribution in [0.15, 0.2) is 54.6 Å². The number of amides is 2. The standard InChI is InChI=1S/C21H24N2O3/c1-2-19(16-6-4-3-5-7-16)20(24)22-18-10-8-17(9-11-18)21(25)23-12-14-26-15-13-23/h3-11,19H,2,12-15H2,1H3,(H,22,24)/t19-/m0/s1. The zero-order valence-electron chi connectivity index (χ0n) is 15.0. The summed E-state index contributed by atoms with van der Waals surface area (Å²) in [4.78, 5) is 26.9. The van der Waals surface area contributed by atoms with E-state index in [1.54, 1.807) is 29.2 Å². The molecular weight excluding hydrogens is 328 g/mol. The second-order valence-corrected chi connectivity index (χ2v) is 6.34. The minimum atomic E-state index is -0.189. The van der Waals surface area contributed by atoms with Crippen LogP contribution in [0.3, 0.4) is 0 Å². The van der Waals surface area contributed by atoms with E-state index < -0.39 is 0 Å². The Bertz CT molecular complexity index is 738. The molecule has 2 aromatic carbocycles. The van der Waals surface area contributed by atoms with Crippen molar-refractivity contribution in [2.24, 2.45) is 0 Å². The molecule has 1 fully saturated rings. The largest absolute Gasteiger partial charge is 0.378 e. The van der Waals surface area contributed by atoms with Gasteiger partial charge in [0.2, 0.25) is 5.91 Å². The van der Waals surface area contributed by atoms with Crippen LogP contribution in [-0.2, 0) is 9.53 Å². The molecule has 0 bridgehead atoms. The van der Waals surface area contributed by atoms with Gasteiger partial charge in [-0.25, -0.2) is 0 Å². The van der Waals surface area contributed by atoms with Gasteiger partial charge in [0.1, 0.15) is 0 Å². The number of carbonyl (C=O) groups is 2. The minimum Gasteiger partial charge on any atom is -0.378 e. The van der Waals surface area contributed by atoms with Crippen LogP contribution >= 0.6 is 0 Å². The number of benzene rings is 2. The van der Waals surface area contributed by atoms with Crippen LogP contribution in [0.5, 0.6) is 0 Å². The van der Waals surface area contributed by atoms with E-state index in [9.17, 15) is 9.59 Å². The molecule has 2 amide bonds. The summed E-state index contributed by atoms with van der Waals surface area (Å²) >= 11 is 0. The smallest absolute Gasteiger partial charge is 0.254 e. The van der Waals surface area contributed by atoms with Crippen molar-refractivity contribution in [3.05, 3.63) is 65.7 Å². The molecule has 5 heteroatoms. The Kier molecular flexibility index (Phi) is 6.02. The van der Waals surface area contributed by atoms with Crippen LogP contribution in [0.25, 0.3) is 0 Å². The Labute approximate surface area is 154 Å². The van der Waals surface area contributed by atoms with Gasteiger partial charge in [0.15, 0.2) is 0 Å². The molecule has 1 N–H and O–H groups in total. The van der Waals surface area contributed by atoms with Gasteiger partial charge in [0, 0.05) is 24.3 Å². The molecular formula is C21H24N2O3. The number of morpholine rings is 1. The Morgan fingerprint density at radius 2 is 1.69 bits per heavy atom. The van der Waals surface area contributed by atoms with Gasteiger partial charge in [-0.3, -0.25) is 9.59 Å². The van der Waals surface area contributed by atoms with Crippen molar-refractivity contribution >= 4 is 17.5 Å². The first-order valence-electron chi connectivity index (χ1n) is 9.02. The molecule has 0 aromatic heterocycles. The van der Waals surface area contributed by atoms with E-state index in [0.717, 1.165) is 12.0 Å². The number of ether oxygens (including phenoxy) is 1. The van der Waals surface area contributed by atoms with E-state index in [0.29, 0.717) is 37.6 Å². The maximum atomic E-state index is 12.6. The number of hydrogen-bond donors (Lipinski definition) is 1. The highest BCUT2D eigenvalue weighted by Crippen LogP contribution is 2.22. The van der Waals surface area contributed by atoms with Crippen molar-refractivity contribution in [2.45, 2.75) is 19.3 Å². The average molecular weight is 352 g/mol. The topological polar surface area (TPSA) is 58.6 Å². The van der Waals surface area contributed by atoms with Crippen molar-refractivity contribution in [3.8, 4) is 0 Å². The summed E-state index contributed by atoms with van der Waals surface area (Å²) in [6, 6.07) is 16.9. The number of nitrogens with one attached hydrogen (secondary N) is 1. The Morgan fingerprint density at radius 1 is 1.04 bits per heavy atom. The van der Waals surface area contributed by atoms with Crippen LogP contribution in [-0.4, -0.2) is 43.0 Å². The number of nitrogens with zero attached hydrogens (tertiary/aromatic N) is 1. The predicted molar refractivity (Wildman–Crippen MR) is 101 cm³/mol. The first-order chi connectivity index (χ1) is 12.7.